The van der Waals surface area contributed by atoms with Crippen LogP contribution in [0.3, 0.4) is 0 Å². The summed E-state index contributed by atoms with van der Waals surface area (Å²) in [6.07, 6.45) is 3.40. The predicted octanol–water partition coefficient (Wildman–Crippen LogP) is 5.22. The molecular formula is C23H20ClN3O4S. The number of hydrogen-bond donors (Lipinski definition) is 0. The largest absolute Gasteiger partial charge is 0.493 e. The number of fused-ring (bicyclic) bond motifs is 1. The van der Waals surface area contributed by atoms with Crippen LogP contribution in [0, 0.1) is 0 Å². The molecule has 2 heterocycles. The molecule has 0 aliphatic heterocycles. The third kappa shape index (κ3) is 4.19. The first kappa shape index (κ1) is 21.9. The summed E-state index contributed by atoms with van der Waals surface area (Å²) >= 11 is 7.72. The van der Waals surface area contributed by atoms with Gasteiger partial charge in [-0.25, -0.2) is 4.98 Å². The van der Waals surface area contributed by atoms with E-state index < -0.39 is 0 Å². The number of carbonyl (C=O) groups is 1. The van der Waals surface area contributed by atoms with Gasteiger partial charge in [0.2, 0.25) is 5.75 Å². The van der Waals surface area contributed by atoms with Gasteiger partial charge in [-0.3, -0.25) is 14.7 Å². The topological polar surface area (TPSA) is 73.8 Å². The first-order valence-electron chi connectivity index (χ1n) is 9.61. The number of benzene rings is 2. The molecule has 0 aliphatic rings. The van der Waals surface area contributed by atoms with Gasteiger partial charge in [-0.2, -0.15) is 0 Å². The van der Waals surface area contributed by atoms with Gasteiger partial charge in [-0.15, -0.1) is 0 Å². The van der Waals surface area contributed by atoms with E-state index in [0.29, 0.717) is 38.5 Å². The maximum absolute atomic E-state index is 13.7. The minimum Gasteiger partial charge on any atom is -0.493 e. The standard InChI is InChI=1S/C23H20ClN3O4S/c1-29-17-10-15(11-18(30-2)21(17)31-3)22(28)27(13-14-6-5-9-25-12-14)23-26-20-16(24)7-4-8-19(20)32-23/h4-12H,13H2,1-3H3. The van der Waals surface area contributed by atoms with E-state index in [9.17, 15) is 4.79 Å². The second-order valence-corrected chi connectivity index (χ2v) is 8.17. The number of thiazole rings is 1. The van der Waals surface area contributed by atoms with E-state index in [2.05, 4.69) is 9.97 Å². The number of methoxy groups -OCH3 is 3. The maximum atomic E-state index is 13.7. The van der Waals surface area contributed by atoms with Gasteiger partial charge in [0, 0.05) is 18.0 Å². The fourth-order valence-corrected chi connectivity index (χ4v) is 4.54. The van der Waals surface area contributed by atoms with Gasteiger partial charge in [0.05, 0.1) is 37.6 Å². The van der Waals surface area contributed by atoms with Crippen LogP contribution in [0.1, 0.15) is 15.9 Å². The predicted molar refractivity (Wildman–Crippen MR) is 125 cm³/mol. The number of pyridine rings is 1. The maximum Gasteiger partial charge on any atom is 0.260 e. The van der Waals surface area contributed by atoms with Gasteiger partial charge in [0.1, 0.15) is 5.52 Å². The van der Waals surface area contributed by atoms with Crippen molar-refractivity contribution in [3.05, 3.63) is 71.0 Å². The van der Waals surface area contributed by atoms with Gasteiger partial charge in [0.15, 0.2) is 16.6 Å². The lowest BCUT2D eigenvalue weighted by Crippen LogP contribution is -2.30. The molecule has 7 nitrogen and oxygen atoms in total. The average molecular weight is 470 g/mol. The van der Waals surface area contributed by atoms with Crippen LogP contribution in [0.15, 0.2) is 54.9 Å². The lowest BCUT2D eigenvalue weighted by atomic mass is 10.1. The molecule has 0 spiro atoms. The highest BCUT2D eigenvalue weighted by atomic mass is 35.5. The molecule has 0 bridgehead atoms. The first-order valence-corrected chi connectivity index (χ1v) is 10.8. The fourth-order valence-electron chi connectivity index (χ4n) is 3.28. The van der Waals surface area contributed by atoms with Gasteiger partial charge in [-0.05, 0) is 35.9 Å². The summed E-state index contributed by atoms with van der Waals surface area (Å²) in [7, 11) is 4.53. The molecule has 164 valence electrons. The molecule has 0 N–H and O–H groups in total. The van der Waals surface area contributed by atoms with Crippen LogP contribution < -0.4 is 19.1 Å². The second-order valence-electron chi connectivity index (χ2n) is 6.75. The number of nitrogens with zero attached hydrogens (tertiary/aromatic N) is 3. The number of para-hydroxylation sites is 1. The highest BCUT2D eigenvalue weighted by Crippen LogP contribution is 2.40. The summed E-state index contributed by atoms with van der Waals surface area (Å²) in [5.41, 5.74) is 1.88. The smallest absolute Gasteiger partial charge is 0.260 e. The van der Waals surface area contributed by atoms with E-state index in [1.807, 2.05) is 24.3 Å². The molecular weight excluding hydrogens is 450 g/mol. The van der Waals surface area contributed by atoms with E-state index in [1.165, 1.54) is 32.7 Å². The molecule has 0 saturated carbocycles. The quantitative estimate of drug-likeness (QED) is 0.369. The molecule has 4 rings (SSSR count). The Hall–Kier alpha value is -3.36. The minimum atomic E-state index is -0.275. The minimum absolute atomic E-state index is 0.275. The molecule has 2 aromatic carbocycles. The van der Waals surface area contributed by atoms with E-state index in [0.717, 1.165) is 10.3 Å². The molecule has 1 amide bonds. The molecule has 0 unspecified atom stereocenters. The summed E-state index contributed by atoms with van der Waals surface area (Å²) < 4.78 is 17.1. The summed E-state index contributed by atoms with van der Waals surface area (Å²) in [4.78, 5) is 24.2. The normalized spacial score (nSPS) is 10.8. The van der Waals surface area contributed by atoms with E-state index in [-0.39, 0.29) is 12.5 Å². The van der Waals surface area contributed by atoms with Crippen molar-refractivity contribution in [1.82, 2.24) is 9.97 Å². The van der Waals surface area contributed by atoms with E-state index in [1.54, 1.807) is 35.5 Å². The van der Waals surface area contributed by atoms with Crippen LogP contribution in [0.2, 0.25) is 5.02 Å². The zero-order valence-electron chi connectivity index (χ0n) is 17.7. The third-order valence-electron chi connectivity index (χ3n) is 4.81. The second kappa shape index (κ2) is 9.42. The molecule has 9 heteroatoms. The Balaban J connectivity index is 1.82. The molecule has 0 fully saturated rings. The lowest BCUT2D eigenvalue weighted by molar-refractivity contribution is 0.0984. The molecule has 32 heavy (non-hydrogen) atoms. The van der Waals surface area contributed by atoms with E-state index in [4.69, 9.17) is 25.8 Å². The zero-order valence-corrected chi connectivity index (χ0v) is 19.2. The van der Waals surface area contributed by atoms with Crippen LogP contribution in [-0.4, -0.2) is 37.2 Å². The molecule has 2 aromatic heterocycles. The van der Waals surface area contributed by atoms with Gasteiger partial charge in [0.25, 0.3) is 5.91 Å². The average Bonchev–Trinajstić information content (AvgIpc) is 3.27. The number of amides is 1. The molecule has 0 saturated heterocycles. The number of halogens is 1. The van der Waals surface area contributed by atoms with Crippen molar-refractivity contribution in [3.8, 4) is 17.2 Å². The Bertz CT molecular complexity index is 1240. The van der Waals surface area contributed by atoms with Crippen LogP contribution in [0.25, 0.3) is 10.2 Å². The number of anilines is 1. The van der Waals surface area contributed by atoms with Crippen molar-refractivity contribution < 1.29 is 19.0 Å². The Morgan fingerprint density at radius 3 is 2.41 bits per heavy atom. The summed E-state index contributed by atoms with van der Waals surface area (Å²) in [6.45, 7) is 0.279. The van der Waals surface area contributed by atoms with Crippen LogP contribution in [-0.2, 0) is 6.54 Å². The zero-order chi connectivity index (χ0) is 22.7. The van der Waals surface area contributed by atoms with Crippen molar-refractivity contribution in [2.75, 3.05) is 26.2 Å². The van der Waals surface area contributed by atoms with Crippen molar-refractivity contribution in [1.29, 1.82) is 0 Å². The highest BCUT2D eigenvalue weighted by molar-refractivity contribution is 7.22. The number of rotatable bonds is 7. The Morgan fingerprint density at radius 1 is 1.06 bits per heavy atom. The Labute approximate surface area is 194 Å². The lowest BCUT2D eigenvalue weighted by Gasteiger charge is -2.21. The third-order valence-corrected chi connectivity index (χ3v) is 6.16. The number of hydrogen-bond acceptors (Lipinski definition) is 7. The van der Waals surface area contributed by atoms with Crippen LogP contribution in [0.5, 0.6) is 17.2 Å². The first-order chi connectivity index (χ1) is 15.5. The molecule has 0 radical (unpaired) electrons. The van der Waals surface area contributed by atoms with Gasteiger partial charge < -0.3 is 14.2 Å². The van der Waals surface area contributed by atoms with Crippen LogP contribution in [0.4, 0.5) is 5.13 Å². The number of aromatic nitrogens is 2. The fraction of sp³-hybridized carbons (Fsp3) is 0.174. The summed E-state index contributed by atoms with van der Waals surface area (Å²) in [5, 5.41) is 1.06. The number of ether oxygens (including phenoxy) is 3. The van der Waals surface area contributed by atoms with Crippen molar-refractivity contribution in [2.24, 2.45) is 0 Å². The highest BCUT2D eigenvalue weighted by Gasteiger charge is 2.25. The molecule has 0 atom stereocenters. The van der Waals surface area contributed by atoms with Crippen LogP contribution >= 0.6 is 22.9 Å². The van der Waals surface area contributed by atoms with Crippen molar-refractivity contribution >= 4 is 44.2 Å². The summed E-state index contributed by atoms with van der Waals surface area (Å²) in [6, 6.07) is 12.5. The van der Waals surface area contributed by atoms with E-state index >= 15 is 0 Å². The monoisotopic (exact) mass is 469 g/mol. The van der Waals surface area contributed by atoms with Crippen molar-refractivity contribution in [3.63, 3.8) is 0 Å². The Morgan fingerprint density at radius 2 is 1.81 bits per heavy atom. The SMILES string of the molecule is COc1cc(C(=O)N(Cc2cccnc2)c2nc3c(Cl)cccc3s2)cc(OC)c1OC. The van der Waals surface area contributed by atoms with Gasteiger partial charge >= 0.3 is 0 Å². The Kier molecular flexibility index (Phi) is 6.43. The summed E-state index contributed by atoms with van der Waals surface area (Å²) in [5.74, 6) is 0.924. The molecule has 4 aromatic rings. The molecule has 0 aliphatic carbocycles. The van der Waals surface area contributed by atoms with Crippen molar-refractivity contribution in [2.45, 2.75) is 6.54 Å². The van der Waals surface area contributed by atoms with Gasteiger partial charge in [-0.1, -0.05) is 35.1 Å². The number of carbonyl (C=O) groups excluding carboxylic acids is 1.